The minimum atomic E-state index is -4.78. The van der Waals surface area contributed by atoms with Crippen molar-refractivity contribution < 1.29 is 32.2 Å². The summed E-state index contributed by atoms with van der Waals surface area (Å²) in [5.74, 6) is -0.563. The Morgan fingerprint density at radius 3 is 2.35 bits per heavy atom. The molecule has 0 aromatic heterocycles. The smallest absolute Gasteiger partial charge is 0.480 e. The molecule has 11 heteroatoms. The zero-order chi connectivity index (χ0) is 24.7. The molecule has 1 aliphatic rings. The van der Waals surface area contributed by atoms with E-state index in [0.717, 1.165) is 12.1 Å². The molecule has 0 radical (unpaired) electrons. The maximum Gasteiger partial charge on any atom is 0.573 e. The number of rotatable bonds is 7. The number of piperazine rings is 1. The standard InChI is InChI=1S/C23H23F3N4O4/c1-16(33-20-5-3-2-4-17(20)14-27)22(32)30-12-10-29(11-13-30)15-21(31)28-18-6-8-19(9-7-18)34-23(24,25)26/h2-9,16H,10-13,15H2,1H3,(H,28,31). The zero-order valence-corrected chi connectivity index (χ0v) is 18.3. The molecule has 1 atom stereocenters. The highest BCUT2D eigenvalue weighted by atomic mass is 19.4. The summed E-state index contributed by atoms with van der Waals surface area (Å²) >= 11 is 0. The summed E-state index contributed by atoms with van der Waals surface area (Å²) in [5, 5.41) is 11.8. The number of alkyl halides is 3. The van der Waals surface area contributed by atoms with Gasteiger partial charge in [-0.1, -0.05) is 12.1 Å². The second kappa shape index (κ2) is 10.9. The van der Waals surface area contributed by atoms with Gasteiger partial charge >= 0.3 is 6.36 Å². The first kappa shape index (κ1) is 24.9. The van der Waals surface area contributed by atoms with Crippen molar-refractivity contribution in [2.75, 3.05) is 38.0 Å². The van der Waals surface area contributed by atoms with Gasteiger partial charge in [-0.05, 0) is 43.3 Å². The van der Waals surface area contributed by atoms with Crippen molar-refractivity contribution in [3.63, 3.8) is 0 Å². The number of ether oxygens (including phenoxy) is 2. The third kappa shape index (κ3) is 7.11. The molecule has 0 saturated carbocycles. The van der Waals surface area contributed by atoms with Crippen molar-refractivity contribution in [2.45, 2.75) is 19.4 Å². The van der Waals surface area contributed by atoms with E-state index in [1.807, 2.05) is 11.0 Å². The van der Waals surface area contributed by atoms with Gasteiger partial charge in [0.2, 0.25) is 5.91 Å². The highest BCUT2D eigenvalue weighted by molar-refractivity contribution is 5.92. The van der Waals surface area contributed by atoms with E-state index in [2.05, 4.69) is 10.1 Å². The fourth-order valence-electron chi connectivity index (χ4n) is 3.43. The quantitative estimate of drug-likeness (QED) is 0.660. The lowest BCUT2D eigenvalue weighted by Crippen LogP contribution is -2.53. The highest BCUT2D eigenvalue weighted by Gasteiger charge is 2.31. The molecule has 1 unspecified atom stereocenters. The van der Waals surface area contributed by atoms with E-state index < -0.39 is 12.5 Å². The maximum atomic E-state index is 12.7. The molecule has 3 rings (SSSR count). The summed E-state index contributed by atoms with van der Waals surface area (Å²) in [6.45, 7) is 3.45. The number of para-hydroxylation sites is 1. The number of carbonyl (C=O) groups excluding carboxylic acids is 2. The van der Waals surface area contributed by atoms with E-state index in [0.29, 0.717) is 43.2 Å². The van der Waals surface area contributed by atoms with E-state index in [-0.39, 0.29) is 24.1 Å². The molecule has 1 heterocycles. The second-order valence-electron chi connectivity index (χ2n) is 7.59. The Bertz CT molecular complexity index is 1050. The van der Waals surface area contributed by atoms with Gasteiger partial charge in [0, 0.05) is 31.9 Å². The Morgan fingerprint density at radius 1 is 1.09 bits per heavy atom. The number of hydrogen-bond acceptors (Lipinski definition) is 6. The Balaban J connectivity index is 1.44. The van der Waals surface area contributed by atoms with E-state index in [1.165, 1.54) is 12.1 Å². The lowest BCUT2D eigenvalue weighted by molar-refractivity contribution is -0.274. The molecule has 1 fully saturated rings. The largest absolute Gasteiger partial charge is 0.573 e. The van der Waals surface area contributed by atoms with Gasteiger partial charge in [-0.15, -0.1) is 13.2 Å². The Kier molecular flexibility index (Phi) is 7.96. The minimum Gasteiger partial charge on any atom is -0.480 e. The fraction of sp³-hybridized carbons (Fsp3) is 0.348. The van der Waals surface area contributed by atoms with Crippen LogP contribution in [0.5, 0.6) is 11.5 Å². The summed E-state index contributed by atoms with van der Waals surface area (Å²) in [5.41, 5.74) is 0.692. The number of amides is 2. The van der Waals surface area contributed by atoms with Crippen LogP contribution in [0.25, 0.3) is 0 Å². The first-order chi connectivity index (χ1) is 16.1. The van der Waals surface area contributed by atoms with Crippen LogP contribution in [0.1, 0.15) is 12.5 Å². The SMILES string of the molecule is CC(Oc1ccccc1C#N)C(=O)N1CCN(CC(=O)Nc2ccc(OC(F)(F)F)cc2)CC1. The van der Waals surface area contributed by atoms with Crippen LogP contribution >= 0.6 is 0 Å². The number of hydrogen-bond donors (Lipinski definition) is 1. The molecule has 8 nitrogen and oxygen atoms in total. The highest BCUT2D eigenvalue weighted by Crippen LogP contribution is 2.24. The summed E-state index contributed by atoms with van der Waals surface area (Å²) < 4.78 is 46.1. The molecule has 2 aromatic carbocycles. The van der Waals surface area contributed by atoms with Crippen molar-refractivity contribution >= 4 is 17.5 Å². The van der Waals surface area contributed by atoms with Gasteiger partial charge in [0.25, 0.3) is 5.91 Å². The molecular formula is C23H23F3N4O4. The Hall–Kier alpha value is -3.78. The first-order valence-electron chi connectivity index (χ1n) is 10.5. The monoisotopic (exact) mass is 476 g/mol. The Morgan fingerprint density at radius 2 is 1.74 bits per heavy atom. The van der Waals surface area contributed by atoms with Crippen LogP contribution in [0.3, 0.4) is 0 Å². The molecule has 1 aliphatic heterocycles. The number of halogens is 3. The molecule has 0 bridgehead atoms. The van der Waals surface area contributed by atoms with Gasteiger partial charge in [-0.3, -0.25) is 14.5 Å². The molecule has 180 valence electrons. The summed E-state index contributed by atoms with van der Waals surface area (Å²) in [7, 11) is 0. The average Bonchev–Trinajstić information content (AvgIpc) is 2.79. The summed E-state index contributed by atoms with van der Waals surface area (Å²) in [6, 6.07) is 13.6. The third-order valence-electron chi connectivity index (χ3n) is 5.08. The molecule has 0 aliphatic carbocycles. The lowest BCUT2D eigenvalue weighted by atomic mass is 10.2. The fourth-order valence-corrected chi connectivity index (χ4v) is 3.43. The summed E-state index contributed by atoms with van der Waals surface area (Å²) in [4.78, 5) is 28.5. The third-order valence-corrected chi connectivity index (χ3v) is 5.08. The number of nitriles is 1. The number of nitrogens with one attached hydrogen (secondary N) is 1. The maximum absolute atomic E-state index is 12.7. The van der Waals surface area contributed by atoms with Gasteiger partial charge in [0.15, 0.2) is 6.10 Å². The minimum absolute atomic E-state index is 0.0738. The van der Waals surface area contributed by atoms with Crippen molar-refractivity contribution in [1.82, 2.24) is 9.80 Å². The van der Waals surface area contributed by atoms with Crippen molar-refractivity contribution in [2.24, 2.45) is 0 Å². The predicted octanol–water partition coefficient (Wildman–Crippen LogP) is 3.01. The van der Waals surface area contributed by atoms with E-state index in [4.69, 9.17) is 10.00 Å². The van der Waals surface area contributed by atoms with Gasteiger partial charge in [0.05, 0.1) is 12.1 Å². The Labute approximate surface area is 194 Å². The van der Waals surface area contributed by atoms with Crippen molar-refractivity contribution in [3.8, 4) is 17.6 Å². The van der Waals surface area contributed by atoms with Crippen LogP contribution in [-0.2, 0) is 9.59 Å². The molecule has 34 heavy (non-hydrogen) atoms. The topological polar surface area (TPSA) is 94.9 Å². The lowest BCUT2D eigenvalue weighted by Gasteiger charge is -2.35. The van der Waals surface area contributed by atoms with Gasteiger partial charge in [-0.2, -0.15) is 5.26 Å². The molecule has 2 amide bonds. The van der Waals surface area contributed by atoms with Crippen molar-refractivity contribution in [3.05, 3.63) is 54.1 Å². The number of nitrogens with zero attached hydrogens (tertiary/aromatic N) is 3. The van der Waals surface area contributed by atoms with Gasteiger partial charge < -0.3 is 19.7 Å². The molecule has 1 N–H and O–H groups in total. The number of anilines is 1. The van der Waals surface area contributed by atoms with Crippen LogP contribution in [-0.4, -0.2) is 66.8 Å². The van der Waals surface area contributed by atoms with Crippen LogP contribution in [0, 0.1) is 11.3 Å². The van der Waals surface area contributed by atoms with Crippen LogP contribution in [0.4, 0.5) is 18.9 Å². The molecule has 0 spiro atoms. The van der Waals surface area contributed by atoms with Gasteiger partial charge in [0.1, 0.15) is 17.6 Å². The van der Waals surface area contributed by atoms with Gasteiger partial charge in [-0.25, -0.2) is 0 Å². The van der Waals surface area contributed by atoms with Crippen LogP contribution in [0.2, 0.25) is 0 Å². The second-order valence-corrected chi connectivity index (χ2v) is 7.59. The van der Waals surface area contributed by atoms with E-state index in [9.17, 15) is 22.8 Å². The number of benzene rings is 2. The molecule has 1 saturated heterocycles. The average molecular weight is 476 g/mol. The number of carbonyl (C=O) groups is 2. The normalized spacial score (nSPS) is 15.2. The van der Waals surface area contributed by atoms with Crippen molar-refractivity contribution in [1.29, 1.82) is 5.26 Å². The zero-order valence-electron chi connectivity index (χ0n) is 18.3. The van der Waals surface area contributed by atoms with Crippen LogP contribution < -0.4 is 14.8 Å². The van der Waals surface area contributed by atoms with Crippen LogP contribution in [0.15, 0.2) is 48.5 Å². The summed E-state index contributed by atoms with van der Waals surface area (Å²) in [6.07, 6.45) is -5.55. The van der Waals surface area contributed by atoms with E-state index >= 15 is 0 Å². The molecular weight excluding hydrogens is 453 g/mol. The van der Waals surface area contributed by atoms with E-state index in [1.54, 1.807) is 36.1 Å². The first-order valence-corrected chi connectivity index (χ1v) is 10.5. The predicted molar refractivity (Wildman–Crippen MR) is 116 cm³/mol. The molecule has 2 aromatic rings.